The Bertz CT molecular complexity index is 546. The maximum Gasteiger partial charge on any atom is 0.303 e. The van der Waals surface area contributed by atoms with Gasteiger partial charge < -0.3 is 14.9 Å². The van der Waals surface area contributed by atoms with Crippen molar-refractivity contribution in [3.8, 4) is 5.75 Å². The van der Waals surface area contributed by atoms with Crippen molar-refractivity contribution < 1.29 is 19.7 Å². The molecular formula is C17H24O4. The van der Waals surface area contributed by atoms with Crippen LogP contribution in [-0.4, -0.2) is 22.8 Å². The molecular weight excluding hydrogens is 268 g/mol. The van der Waals surface area contributed by atoms with Crippen LogP contribution in [0.15, 0.2) is 18.2 Å². The molecule has 0 saturated carbocycles. The summed E-state index contributed by atoms with van der Waals surface area (Å²) in [4.78, 5) is 10.9. The number of carboxylic acids is 1. The predicted molar refractivity (Wildman–Crippen MR) is 80.6 cm³/mol. The van der Waals surface area contributed by atoms with Crippen molar-refractivity contribution in [3.05, 3.63) is 29.3 Å². The van der Waals surface area contributed by atoms with E-state index in [9.17, 15) is 9.90 Å². The van der Waals surface area contributed by atoms with Gasteiger partial charge in [-0.15, -0.1) is 0 Å². The van der Waals surface area contributed by atoms with E-state index in [0.717, 1.165) is 16.9 Å². The van der Waals surface area contributed by atoms with Crippen LogP contribution in [0, 0.1) is 5.41 Å². The number of carboxylic acid groups (broad SMARTS) is 1. The van der Waals surface area contributed by atoms with Crippen molar-refractivity contribution in [1.82, 2.24) is 0 Å². The lowest BCUT2D eigenvalue weighted by Crippen LogP contribution is -2.21. The van der Waals surface area contributed by atoms with Gasteiger partial charge in [0.25, 0.3) is 0 Å². The summed E-state index contributed by atoms with van der Waals surface area (Å²) in [5, 5.41) is 19.4. The number of hydrogen-bond donors (Lipinski definition) is 2. The van der Waals surface area contributed by atoms with Gasteiger partial charge in [-0.2, -0.15) is 0 Å². The zero-order valence-corrected chi connectivity index (χ0v) is 13.1. The number of aliphatic hydroxyl groups excluding tert-OH is 1. The number of aliphatic carboxylic acids is 1. The summed E-state index contributed by atoms with van der Waals surface area (Å²) in [5.74, 6) is 0.0384. The Labute approximate surface area is 125 Å². The number of carbonyl (C=O) groups is 1. The van der Waals surface area contributed by atoms with Crippen molar-refractivity contribution in [2.45, 2.75) is 52.1 Å². The highest BCUT2D eigenvalue weighted by Crippen LogP contribution is 2.41. The molecule has 1 aromatic carbocycles. The van der Waals surface area contributed by atoms with Crippen molar-refractivity contribution in [3.63, 3.8) is 0 Å². The van der Waals surface area contributed by atoms with Gasteiger partial charge in [-0.3, -0.25) is 4.79 Å². The molecule has 0 radical (unpaired) electrons. The van der Waals surface area contributed by atoms with E-state index in [4.69, 9.17) is 9.84 Å². The van der Waals surface area contributed by atoms with Gasteiger partial charge in [0.1, 0.15) is 5.75 Å². The van der Waals surface area contributed by atoms with Crippen molar-refractivity contribution in [2.75, 3.05) is 6.61 Å². The third-order valence-electron chi connectivity index (χ3n) is 4.08. The second kappa shape index (κ2) is 5.34. The third kappa shape index (κ3) is 3.56. The fourth-order valence-corrected chi connectivity index (χ4v) is 2.87. The van der Waals surface area contributed by atoms with Crippen LogP contribution in [0.25, 0.3) is 0 Å². The quantitative estimate of drug-likeness (QED) is 0.874. The van der Waals surface area contributed by atoms with Crippen LogP contribution in [0.3, 0.4) is 0 Å². The maximum absolute atomic E-state index is 10.9. The number of hydrogen-bond acceptors (Lipinski definition) is 3. The van der Waals surface area contributed by atoms with E-state index in [1.165, 1.54) is 0 Å². The molecule has 1 unspecified atom stereocenters. The molecule has 1 aliphatic heterocycles. The molecule has 1 heterocycles. The van der Waals surface area contributed by atoms with E-state index in [0.29, 0.717) is 13.0 Å². The van der Waals surface area contributed by atoms with Crippen LogP contribution >= 0.6 is 0 Å². The van der Waals surface area contributed by atoms with E-state index < -0.39 is 17.5 Å². The molecule has 0 aromatic heterocycles. The number of ether oxygens (including phenoxy) is 1. The second-order valence-electron chi connectivity index (χ2n) is 7.38. The first-order valence-corrected chi connectivity index (χ1v) is 7.28. The molecule has 2 N–H and O–H groups in total. The lowest BCUT2D eigenvalue weighted by atomic mass is 9.80. The standard InChI is InChI=1S/C17H24O4/c1-16(2,9-15(19)20)8-13(18)11-5-6-14-12(7-11)17(3,4)10-21-14/h5-7,13,18H,8-10H2,1-4H3,(H,19,20). The minimum atomic E-state index is -0.837. The Morgan fingerprint density at radius 3 is 2.71 bits per heavy atom. The average molecular weight is 292 g/mol. The lowest BCUT2D eigenvalue weighted by Gasteiger charge is -2.26. The summed E-state index contributed by atoms with van der Waals surface area (Å²) in [5.41, 5.74) is 1.43. The van der Waals surface area contributed by atoms with E-state index in [2.05, 4.69) is 13.8 Å². The monoisotopic (exact) mass is 292 g/mol. The maximum atomic E-state index is 10.9. The van der Waals surface area contributed by atoms with E-state index in [1.807, 2.05) is 32.0 Å². The molecule has 0 saturated heterocycles. The molecule has 2 rings (SSSR count). The summed E-state index contributed by atoms with van der Waals surface area (Å²) in [7, 11) is 0. The van der Waals surface area contributed by atoms with Crippen LogP contribution in [0.1, 0.15) is 57.8 Å². The van der Waals surface area contributed by atoms with E-state index in [-0.39, 0.29) is 11.8 Å². The van der Waals surface area contributed by atoms with Crippen molar-refractivity contribution in [1.29, 1.82) is 0 Å². The highest BCUT2D eigenvalue weighted by Gasteiger charge is 2.33. The molecule has 21 heavy (non-hydrogen) atoms. The van der Waals surface area contributed by atoms with Gasteiger partial charge in [0.05, 0.1) is 19.1 Å². The summed E-state index contributed by atoms with van der Waals surface area (Å²) in [6.45, 7) is 8.61. The highest BCUT2D eigenvalue weighted by molar-refractivity contribution is 5.67. The molecule has 0 bridgehead atoms. The van der Waals surface area contributed by atoms with E-state index >= 15 is 0 Å². The topological polar surface area (TPSA) is 66.8 Å². The second-order valence-corrected chi connectivity index (χ2v) is 7.38. The highest BCUT2D eigenvalue weighted by atomic mass is 16.5. The first kappa shape index (κ1) is 15.8. The van der Waals surface area contributed by atoms with Gasteiger partial charge >= 0.3 is 5.97 Å². The van der Waals surface area contributed by atoms with Gasteiger partial charge in [-0.1, -0.05) is 33.8 Å². The molecule has 0 spiro atoms. The average Bonchev–Trinajstić information content (AvgIpc) is 2.62. The Morgan fingerprint density at radius 1 is 1.43 bits per heavy atom. The predicted octanol–water partition coefficient (Wildman–Crippen LogP) is 3.28. The van der Waals surface area contributed by atoms with Crippen LogP contribution in [0.4, 0.5) is 0 Å². The Hall–Kier alpha value is -1.55. The van der Waals surface area contributed by atoms with Gasteiger partial charge in [0.2, 0.25) is 0 Å². The summed E-state index contributed by atoms with van der Waals surface area (Å²) >= 11 is 0. The zero-order chi connectivity index (χ0) is 15.8. The van der Waals surface area contributed by atoms with Crippen LogP contribution < -0.4 is 4.74 Å². The molecule has 4 heteroatoms. The van der Waals surface area contributed by atoms with Gasteiger partial charge in [-0.05, 0) is 29.5 Å². The van der Waals surface area contributed by atoms with Gasteiger partial charge in [-0.25, -0.2) is 0 Å². The molecule has 1 aliphatic rings. The van der Waals surface area contributed by atoms with Gasteiger partial charge in [0.15, 0.2) is 0 Å². The largest absolute Gasteiger partial charge is 0.492 e. The Balaban J connectivity index is 2.18. The Morgan fingerprint density at radius 2 is 2.10 bits per heavy atom. The smallest absolute Gasteiger partial charge is 0.303 e. The molecule has 4 nitrogen and oxygen atoms in total. The third-order valence-corrected chi connectivity index (χ3v) is 4.08. The lowest BCUT2D eigenvalue weighted by molar-refractivity contribution is -0.139. The zero-order valence-electron chi connectivity index (χ0n) is 13.1. The van der Waals surface area contributed by atoms with E-state index in [1.54, 1.807) is 0 Å². The fourth-order valence-electron chi connectivity index (χ4n) is 2.87. The van der Waals surface area contributed by atoms with Crippen LogP contribution in [0.5, 0.6) is 5.75 Å². The molecule has 0 amide bonds. The molecule has 0 aliphatic carbocycles. The number of fused-ring (bicyclic) bond motifs is 1. The Kier molecular flexibility index (Phi) is 4.02. The number of aliphatic hydroxyl groups is 1. The number of benzene rings is 1. The molecule has 1 atom stereocenters. The van der Waals surface area contributed by atoms with Crippen molar-refractivity contribution in [2.24, 2.45) is 5.41 Å². The van der Waals surface area contributed by atoms with Gasteiger partial charge in [0, 0.05) is 11.0 Å². The summed E-state index contributed by atoms with van der Waals surface area (Å²) in [6.07, 6.45) is -0.204. The first-order chi connectivity index (χ1) is 9.61. The summed E-state index contributed by atoms with van der Waals surface area (Å²) < 4.78 is 5.64. The SMILES string of the molecule is CC(C)(CC(=O)O)CC(O)c1ccc2c(c1)C(C)(C)CO2. The fraction of sp³-hybridized carbons (Fsp3) is 0.588. The first-order valence-electron chi connectivity index (χ1n) is 7.28. The molecule has 0 fully saturated rings. The normalized spacial score (nSPS) is 18.0. The molecule has 1 aromatic rings. The minimum absolute atomic E-state index is 0.0452. The summed E-state index contributed by atoms with van der Waals surface area (Å²) in [6, 6.07) is 5.75. The van der Waals surface area contributed by atoms with Crippen molar-refractivity contribution >= 4 is 5.97 Å². The van der Waals surface area contributed by atoms with Crippen LogP contribution in [-0.2, 0) is 10.2 Å². The minimum Gasteiger partial charge on any atom is -0.492 e. The van der Waals surface area contributed by atoms with Crippen LogP contribution in [0.2, 0.25) is 0 Å². The molecule has 116 valence electrons. The number of rotatable bonds is 5.